The van der Waals surface area contributed by atoms with Crippen LogP contribution < -0.4 is 0 Å². The minimum absolute atomic E-state index is 0. The Morgan fingerprint density at radius 1 is 1.32 bits per heavy atom. The maximum atomic E-state index is 10.7. The Kier molecular flexibility index (Phi) is 10.1. The fourth-order valence-electron chi connectivity index (χ4n) is 0.884. The number of rotatable bonds is 3. The Bertz CT molecular complexity index is 556. The van der Waals surface area contributed by atoms with E-state index in [0.29, 0.717) is 5.56 Å². The molecule has 0 saturated carbocycles. The van der Waals surface area contributed by atoms with Crippen LogP contribution in [0.2, 0.25) is 0 Å². The zero-order valence-corrected chi connectivity index (χ0v) is 10.8. The third kappa shape index (κ3) is 8.20. The van der Waals surface area contributed by atoms with Gasteiger partial charge in [0.25, 0.3) is 10.1 Å². The van der Waals surface area contributed by atoms with Crippen molar-refractivity contribution in [3.05, 3.63) is 48.0 Å². The van der Waals surface area contributed by atoms with Crippen molar-refractivity contribution in [2.24, 2.45) is 0 Å². The van der Waals surface area contributed by atoms with Crippen LogP contribution in [-0.2, 0) is 14.9 Å². The third-order valence-electron chi connectivity index (χ3n) is 1.65. The van der Waals surface area contributed by atoms with Crippen LogP contribution in [0.1, 0.15) is 5.56 Å². The van der Waals surface area contributed by atoms with Crippen molar-refractivity contribution in [2.45, 2.75) is 4.90 Å². The van der Waals surface area contributed by atoms with Crippen molar-refractivity contribution in [3.63, 3.8) is 0 Å². The van der Waals surface area contributed by atoms with Crippen LogP contribution in [0.15, 0.2) is 47.4 Å². The molecule has 0 radical (unpaired) electrons. The first-order valence-corrected chi connectivity index (χ1v) is 6.28. The molecule has 0 spiro atoms. The van der Waals surface area contributed by atoms with Crippen LogP contribution in [0.5, 0.6) is 0 Å². The predicted octanol–water partition coefficient (Wildman–Crippen LogP) is 1.75. The minimum atomic E-state index is -4.12. The second kappa shape index (κ2) is 9.30. The van der Waals surface area contributed by atoms with Crippen LogP contribution in [-0.4, -0.2) is 53.6 Å². The van der Waals surface area contributed by atoms with Gasteiger partial charge in [-0.3, -0.25) is 4.55 Å². The van der Waals surface area contributed by atoms with Crippen LogP contribution >= 0.6 is 11.6 Å². The molecule has 0 bridgehead atoms. The van der Waals surface area contributed by atoms with Gasteiger partial charge in [0.2, 0.25) is 0 Å². The number of halogens is 1. The molecule has 1 aromatic carbocycles. The molecule has 0 saturated heterocycles. The van der Waals surface area contributed by atoms with Gasteiger partial charge >= 0.3 is 35.5 Å². The topological polar surface area (TPSA) is 91.7 Å². The normalized spacial score (nSPS) is 9.37. The SMILES string of the molecule is C=C(Cl)C(=O)O.C=Cc1ccccc1S(=O)(=O)O.[NaH]. The summed E-state index contributed by atoms with van der Waals surface area (Å²) >= 11 is 4.82. The van der Waals surface area contributed by atoms with Crippen molar-refractivity contribution >= 4 is 63.3 Å². The van der Waals surface area contributed by atoms with E-state index in [0.717, 1.165) is 0 Å². The second-order valence-corrected chi connectivity index (χ2v) is 4.77. The summed E-state index contributed by atoms with van der Waals surface area (Å²) in [5.74, 6) is -1.17. The Morgan fingerprint density at radius 2 is 1.74 bits per heavy atom. The fourth-order valence-corrected chi connectivity index (χ4v) is 1.58. The predicted molar refractivity (Wildman–Crippen MR) is 76.1 cm³/mol. The number of carboxylic acid groups (broad SMARTS) is 1. The fraction of sp³-hybridized carbons (Fsp3) is 0. The molecule has 0 amide bonds. The Hall–Kier alpha value is -0.630. The van der Waals surface area contributed by atoms with E-state index in [9.17, 15) is 13.2 Å². The van der Waals surface area contributed by atoms with E-state index in [1.807, 2.05) is 0 Å². The molecule has 2 N–H and O–H groups in total. The summed E-state index contributed by atoms with van der Waals surface area (Å²) in [4.78, 5) is 9.36. The molecule has 0 heterocycles. The summed E-state index contributed by atoms with van der Waals surface area (Å²) < 4.78 is 30.2. The average molecular weight is 315 g/mol. The number of carbonyl (C=O) groups is 1. The van der Waals surface area contributed by atoms with Gasteiger partial charge in [0.15, 0.2) is 0 Å². The molecular weight excluding hydrogens is 303 g/mol. The number of hydrogen-bond donors (Lipinski definition) is 2. The molecule has 0 aliphatic heterocycles. The number of benzene rings is 1. The van der Waals surface area contributed by atoms with E-state index in [1.54, 1.807) is 12.1 Å². The zero-order valence-electron chi connectivity index (χ0n) is 9.21. The first-order chi connectivity index (χ1) is 8.20. The van der Waals surface area contributed by atoms with Crippen LogP contribution in [0.25, 0.3) is 6.08 Å². The molecule has 1 rings (SSSR count). The quantitative estimate of drug-likeness (QED) is 0.504. The van der Waals surface area contributed by atoms with E-state index in [4.69, 9.17) is 21.3 Å². The summed E-state index contributed by atoms with van der Waals surface area (Å²) in [7, 11) is -4.12. The van der Waals surface area contributed by atoms with Gasteiger partial charge in [-0.15, -0.1) is 0 Å². The van der Waals surface area contributed by atoms with E-state index in [-0.39, 0.29) is 39.5 Å². The monoisotopic (exact) mass is 314 g/mol. The van der Waals surface area contributed by atoms with E-state index < -0.39 is 16.1 Å². The van der Waals surface area contributed by atoms with Crippen molar-refractivity contribution in [1.82, 2.24) is 0 Å². The Labute approximate surface area is 138 Å². The standard InChI is InChI=1S/C8H8O3S.C3H3ClO2.Na.H/c1-2-7-5-3-4-6-8(7)12(9,10)11;1-2(4)3(5)6;;/h2-6H,1H2,(H,9,10,11);1H2,(H,5,6);;. The molecule has 0 aromatic heterocycles. The Balaban J connectivity index is 0. The molecule has 0 aliphatic rings. The first-order valence-electron chi connectivity index (χ1n) is 4.46. The van der Waals surface area contributed by atoms with Gasteiger partial charge in [-0.2, -0.15) is 8.42 Å². The average Bonchev–Trinajstić information content (AvgIpc) is 2.28. The second-order valence-electron chi connectivity index (χ2n) is 2.93. The maximum absolute atomic E-state index is 10.7. The summed E-state index contributed by atoms with van der Waals surface area (Å²) in [5.41, 5.74) is 0.403. The molecule has 5 nitrogen and oxygen atoms in total. The molecule has 100 valence electrons. The van der Waals surface area contributed by atoms with E-state index in [1.165, 1.54) is 18.2 Å². The van der Waals surface area contributed by atoms with Crippen LogP contribution in [0, 0.1) is 0 Å². The molecule has 0 atom stereocenters. The van der Waals surface area contributed by atoms with Gasteiger partial charge in [0.1, 0.15) is 9.93 Å². The van der Waals surface area contributed by atoms with Crippen molar-refractivity contribution in [1.29, 1.82) is 0 Å². The molecule has 1 aromatic rings. The van der Waals surface area contributed by atoms with Crippen molar-refractivity contribution < 1.29 is 22.9 Å². The molecule has 0 unspecified atom stereocenters. The molecule has 0 aliphatic carbocycles. The summed E-state index contributed by atoms with van der Waals surface area (Å²) in [6, 6.07) is 6.10. The summed E-state index contributed by atoms with van der Waals surface area (Å²) in [6.07, 6.45) is 1.38. The molecular formula is C11H12ClNaO5S. The Morgan fingerprint density at radius 3 is 2.00 bits per heavy atom. The molecule has 19 heavy (non-hydrogen) atoms. The van der Waals surface area contributed by atoms with Gasteiger partial charge in [0.05, 0.1) is 0 Å². The number of carboxylic acids is 1. The third-order valence-corrected chi connectivity index (χ3v) is 2.74. The van der Waals surface area contributed by atoms with Gasteiger partial charge < -0.3 is 5.11 Å². The first kappa shape index (κ1) is 20.7. The van der Waals surface area contributed by atoms with Crippen LogP contribution in [0.3, 0.4) is 0 Å². The van der Waals surface area contributed by atoms with Crippen molar-refractivity contribution in [3.8, 4) is 0 Å². The molecule has 0 fully saturated rings. The van der Waals surface area contributed by atoms with Crippen LogP contribution in [0.4, 0.5) is 0 Å². The molecule has 8 heteroatoms. The van der Waals surface area contributed by atoms with Crippen molar-refractivity contribution in [2.75, 3.05) is 0 Å². The summed E-state index contributed by atoms with van der Waals surface area (Å²) in [5, 5.41) is 7.41. The summed E-state index contributed by atoms with van der Waals surface area (Å²) in [6.45, 7) is 6.35. The number of hydrogen-bond acceptors (Lipinski definition) is 3. The van der Waals surface area contributed by atoms with E-state index in [2.05, 4.69) is 13.2 Å². The van der Waals surface area contributed by atoms with Gasteiger partial charge in [-0.1, -0.05) is 49.0 Å². The number of aliphatic carboxylic acids is 1. The van der Waals surface area contributed by atoms with Gasteiger partial charge in [-0.25, -0.2) is 4.79 Å². The van der Waals surface area contributed by atoms with Gasteiger partial charge in [-0.05, 0) is 11.6 Å². The van der Waals surface area contributed by atoms with Gasteiger partial charge in [0, 0.05) is 0 Å². The zero-order chi connectivity index (χ0) is 14.3. The van der Waals surface area contributed by atoms with E-state index >= 15 is 0 Å².